The standard InChI is InChI=1S/C19H27N3O2S/c1-14-6-7-17(9-15(14)2)24-13-19(23)22(12-18-5-4-8-25-18)16-10-20-21(3)11-16/h4,6-8,16,18,20H,2,5,9-13H2,1,3H3. The lowest BCUT2D eigenvalue weighted by Gasteiger charge is -2.31. The van der Waals surface area contributed by atoms with Gasteiger partial charge in [-0.05, 0) is 36.0 Å². The summed E-state index contributed by atoms with van der Waals surface area (Å²) in [6.07, 6.45) is 7.84. The van der Waals surface area contributed by atoms with E-state index in [0.29, 0.717) is 11.7 Å². The van der Waals surface area contributed by atoms with E-state index in [-0.39, 0.29) is 18.6 Å². The number of nitrogens with zero attached hydrogens (tertiary/aromatic N) is 2. The minimum absolute atomic E-state index is 0.0624. The highest BCUT2D eigenvalue weighted by Crippen LogP contribution is 2.26. The van der Waals surface area contributed by atoms with Gasteiger partial charge in [-0.1, -0.05) is 18.7 Å². The van der Waals surface area contributed by atoms with E-state index in [1.165, 1.54) is 5.57 Å². The first-order chi connectivity index (χ1) is 12.0. The first-order valence-electron chi connectivity index (χ1n) is 8.76. The number of likely N-dealkylation sites (N-methyl/N-ethyl adjacent to an activating group) is 1. The lowest BCUT2D eigenvalue weighted by molar-refractivity contribution is -0.136. The van der Waals surface area contributed by atoms with Gasteiger partial charge in [-0.3, -0.25) is 10.2 Å². The molecule has 1 fully saturated rings. The van der Waals surface area contributed by atoms with Crippen molar-refractivity contribution in [2.24, 2.45) is 0 Å². The van der Waals surface area contributed by atoms with E-state index in [9.17, 15) is 4.79 Å². The van der Waals surface area contributed by atoms with E-state index in [4.69, 9.17) is 4.74 Å². The van der Waals surface area contributed by atoms with Crippen molar-refractivity contribution in [3.05, 3.63) is 47.1 Å². The number of amides is 1. The molecule has 2 heterocycles. The van der Waals surface area contributed by atoms with Crippen LogP contribution < -0.4 is 5.43 Å². The fourth-order valence-corrected chi connectivity index (χ4v) is 4.13. The molecule has 2 atom stereocenters. The Bertz CT molecular complexity index is 618. The fraction of sp³-hybridized carbons (Fsp3) is 0.526. The summed E-state index contributed by atoms with van der Waals surface area (Å²) in [5, 5.41) is 4.64. The fourth-order valence-electron chi connectivity index (χ4n) is 3.22. The van der Waals surface area contributed by atoms with Crippen molar-refractivity contribution >= 4 is 17.7 Å². The number of nitrogens with one attached hydrogen (secondary N) is 1. The van der Waals surface area contributed by atoms with Crippen molar-refractivity contribution in [3.63, 3.8) is 0 Å². The Hall–Kier alpha value is -1.50. The molecule has 1 amide bonds. The van der Waals surface area contributed by atoms with Gasteiger partial charge in [0.1, 0.15) is 5.76 Å². The van der Waals surface area contributed by atoms with Crippen LogP contribution in [0.15, 0.2) is 47.1 Å². The van der Waals surface area contributed by atoms with Gasteiger partial charge in [0.05, 0.1) is 6.04 Å². The Balaban J connectivity index is 1.59. The Morgan fingerprint density at radius 3 is 3.00 bits per heavy atom. The molecular weight excluding hydrogens is 334 g/mol. The number of carbonyl (C=O) groups is 1. The van der Waals surface area contributed by atoms with Gasteiger partial charge in [-0.15, -0.1) is 11.8 Å². The molecule has 1 N–H and O–H groups in total. The molecule has 2 aliphatic heterocycles. The van der Waals surface area contributed by atoms with E-state index in [1.54, 1.807) is 0 Å². The Labute approximate surface area is 154 Å². The maximum atomic E-state index is 12.9. The van der Waals surface area contributed by atoms with Crippen LogP contribution in [0.3, 0.4) is 0 Å². The highest BCUT2D eigenvalue weighted by atomic mass is 32.2. The van der Waals surface area contributed by atoms with E-state index in [1.807, 2.05) is 47.8 Å². The molecule has 0 bridgehead atoms. The molecule has 0 spiro atoms. The minimum Gasteiger partial charge on any atom is -0.488 e. The third-order valence-electron chi connectivity index (χ3n) is 4.85. The summed E-state index contributed by atoms with van der Waals surface area (Å²) in [6, 6.07) is 0.194. The molecule has 0 aromatic rings. The highest BCUT2D eigenvalue weighted by Gasteiger charge is 2.31. The first kappa shape index (κ1) is 18.3. The van der Waals surface area contributed by atoms with Crippen LogP contribution in [-0.2, 0) is 9.53 Å². The molecule has 6 heteroatoms. The number of allylic oxidation sites excluding steroid dienone is 5. The van der Waals surface area contributed by atoms with Crippen molar-refractivity contribution < 1.29 is 9.53 Å². The molecule has 0 saturated carbocycles. The summed E-state index contributed by atoms with van der Waals surface area (Å²) in [6.45, 7) is 8.59. The van der Waals surface area contributed by atoms with Gasteiger partial charge in [0, 0.05) is 38.4 Å². The smallest absolute Gasteiger partial charge is 0.260 e. The summed E-state index contributed by atoms with van der Waals surface area (Å²) in [5.41, 5.74) is 5.52. The second-order valence-electron chi connectivity index (χ2n) is 6.86. The minimum atomic E-state index is 0.0624. The summed E-state index contributed by atoms with van der Waals surface area (Å²) < 4.78 is 5.80. The quantitative estimate of drug-likeness (QED) is 0.787. The van der Waals surface area contributed by atoms with Gasteiger partial charge in [-0.25, -0.2) is 5.01 Å². The first-order valence-corrected chi connectivity index (χ1v) is 9.70. The van der Waals surface area contributed by atoms with E-state index < -0.39 is 0 Å². The molecule has 136 valence electrons. The number of ether oxygens (including phenoxy) is 1. The average molecular weight is 362 g/mol. The van der Waals surface area contributed by atoms with Gasteiger partial charge < -0.3 is 9.64 Å². The predicted molar refractivity (Wildman–Crippen MR) is 103 cm³/mol. The normalized spacial score (nSPS) is 26.6. The van der Waals surface area contributed by atoms with Crippen molar-refractivity contribution in [1.29, 1.82) is 0 Å². The molecule has 3 rings (SSSR count). The van der Waals surface area contributed by atoms with Crippen LogP contribution in [0.2, 0.25) is 0 Å². The number of rotatable bonds is 6. The van der Waals surface area contributed by atoms with Gasteiger partial charge in [-0.2, -0.15) is 0 Å². The topological polar surface area (TPSA) is 44.8 Å². The van der Waals surface area contributed by atoms with Gasteiger partial charge >= 0.3 is 0 Å². The van der Waals surface area contributed by atoms with Crippen LogP contribution in [0.1, 0.15) is 19.8 Å². The zero-order valence-corrected chi connectivity index (χ0v) is 15.8. The SMILES string of the molecule is C=C1CC(OCC(=O)N(CC2CC=CS2)C2CNN(C)C2)=CC=C1C. The monoisotopic (exact) mass is 361 g/mol. The van der Waals surface area contributed by atoms with Crippen molar-refractivity contribution in [2.45, 2.75) is 31.1 Å². The van der Waals surface area contributed by atoms with Crippen LogP contribution in [-0.4, -0.2) is 60.4 Å². The third kappa shape index (κ3) is 4.77. The van der Waals surface area contributed by atoms with Crippen LogP contribution in [0.25, 0.3) is 0 Å². The van der Waals surface area contributed by atoms with E-state index >= 15 is 0 Å². The lowest BCUT2D eigenvalue weighted by atomic mass is 10.0. The molecule has 5 nitrogen and oxygen atoms in total. The molecule has 2 unspecified atom stereocenters. The maximum Gasteiger partial charge on any atom is 0.260 e. The van der Waals surface area contributed by atoms with Crippen molar-refractivity contribution in [3.8, 4) is 0 Å². The molecular formula is C19H27N3O2S. The van der Waals surface area contributed by atoms with Crippen LogP contribution in [0, 0.1) is 0 Å². The number of hydrogen-bond acceptors (Lipinski definition) is 5. The molecule has 0 radical (unpaired) electrons. The Morgan fingerprint density at radius 2 is 2.36 bits per heavy atom. The number of carbonyl (C=O) groups excluding carboxylic acids is 1. The van der Waals surface area contributed by atoms with Crippen LogP contribution >= 0.6 is 11.8 Å². The molecule has 3 aliphatic rings. The van der Waals surface area contributed by atoms with Gasteiger partial charge in [0.2, 0.25) is 0 Å². The predicted octanol–water partition coefficient (Wildman–Crippen LogP) is 2.46. The van der Waals surface area contributed by atoms with Gasteiger partial charge in [0.25, 0.3) is 5.91 Å². The second kappa shape index (κ2) is 8.25. The van der Waals surface area contributed by atoms with Crippen molar-refractivity contribution in [2.75, 3.05) is 33.3 Å². The molecule has 0 aromatic carbocycles. The Morgan fingerprint density at radius 1 is 1.52 bits per heavy atom. The molecule has 0 aromatic heterocycles. The molecule has 25 heavy (non-hydrogen) atoms. The van der Waals surface area contributed by atoms with Crippen molar-refractivity contribution in [1.82, 2.24) is 15.3 Å². The summed E-state index contributed by atoms with van der Waals surface area (Å²) in [7, 11) is 2.01. The van der Waals surface area contributed by atoms with E-state index in [2.05, 4.69) is 23.5 Å². The molecule has 1 saturated heterocycles. The zero-order chi connectivity index (χ0) is 17.8. The number of hydrogen-bond donors (Lipinski definition) is 1. The number of hydrazine groups is 1. The average Bonchev–Trinajstić information content (AvgIpc) is 3.25. The summed E-state index contributed by atoms with van der Waals surface area (Å²) >= 11 is 1.81. The van der Waals surface area contributed by atoms with Crippen LogP contribution in [0.4, 0.5) is 0 Å². The highest BCUT2D eigenvalue weighted by molar-refractivity contribution is 8.03. The third-order valence-corrected chi connectivity index (χ3v) is 5.93. The van der Waals surface area contributed by atoms with Gasteiger partial charge in [0.15, 0.2) is 6.61 Å². The number of thioether (sulfide) groups is 1. The zero-order valence-electron chi connectivity index (χ0n) is 15.0. The second-order valence-corrected chi connectivity index (χ2v) is 8.07. The largest absolute Gasteiger partial charge is 0.488 e. The summed E-state index contributed by atoms with van der Waals surface area (Å²) in [5.74, 6) is 0.884. The molecule has 1 aliphatic carbocycles. The van der Waals surface area contributed by atoms with Crippen LogP contribution in [0.5, 0.6) is 0 Å². The Kier molecular flexibility index (Phi) is 6.04. The maximum absolute atomic E-state index is 12.9. The summed E-state index contributed by atoms with van der Waals surface area (Å²) in [4.78, 5) is 14.9. The van der Waals surface area contributed by atoms with E-state index in [0.717, 1.165) is 37.4 Å². The lowest BCUT2D eigenvalue weighted by Crippen LogP contribution is -2.47.